The minimum Gasteiger partial charge on any atom is -0.385 e. The standard InChI is InChI=1S/C16H17N3O/c1-11-4-2-6-15(18-11)19-16(20)13-7-8-14-12(10-13)5-3-9-17-14/h2,4,6-8,10,17H,3,5,9H2,1H3,(H,18,19,20). The Labute approximate surface area is 118 Å². The molecule has 2 aromatic rings. The first-order chi connectivity index (χ1) is 9.72. The number of fused-ring (bicyclic) bond motifs is 1. The second-order valence-electron chi connectivity index (χ2n) is 5.02. The monoisotopic (exact) mass is 267 g/mol. The van der Waals surface area contributed by atoms with Crippen LogP contribution in [-0.4, -0.2) is 17.4 Å². The fourth-order valence-electron chi connectivity index (χ4n) is 2.42. The summed E-state index contributed by atoms with van der Waals surface area (Å²) in [4.78, 5) is 16.5. The summed E-state index contributed by atoms with van der Waals surface area (Å²) < 4.78 is 0. The van der Waals surface area contributed by atoms with E-state index in [0.29, 0.717) is 11.4 Å². The summed E-state index contributed by atoms with van der Waals surface area (Å²) >= 11 is 0. The molecule has 3 rings (SSSR count). The second-order valence-corrected chi connectivity index (χ2v) is 5.02. The number of amides is 1. The lowest BCUT2D eigenvalue weighted by molar-refractivity contribution is 0.102. The van der Waals surface area contributed by atoms with E-state index in [4.69, 9.17) is 0 Å². The average Bonchev–Trinajstić information content (AvgIpc) is 2.47. The van der Waals surface area contributed by atoms with Gasteiger partial charge >= 0.3 is 0 Å². The predicted octanol–water partition coefficient (Wildman–Crippen LogP) is 3.00. The largest absolute Gasteiger partial charge is 0.385 e. The predicted molar refractivity (Wildman–Crippen MR) is 80.2 cm³/mol. The molecule has 0 saturated heterocycles. The fraction of sp³-hybridized carbons (Fsp3) is 0.250. The van der Waals surface area contributed by atoms with Crippen molar-refractivity contribution in [3.63, 3.8) is 0 Å². The Morgan fingerprint density at radius 2 is 2.20 bits per heavy atom. The number of carbonyl (C=O) groups is 1. The van der Waals surface area contributed by atoms with E-state index in [9.17, 15) is 4.79 Å². The van der Waals surface area contributed by atoms with E-state index < -0.39 is 0 Å². The molecule has 2 N–H and O–H groups in total. The molecular weight excluding hydrogens is 250 g/mol. The maximum atomic E-state index is 12.2. The summed E-state index contributed by atoms with van der Waals surface area (Å²) in [5, 5.41) is 6.18. The van der Waals surface area contributed by atoms with Crippen LogP contribution in [0.15, 0.2) is 36.4 Å². The molecule has 0 fully saturated rings. The SMILES string of the molecule is Cc1cccc(NC(=O)c2ccc3c(c2)CCCN3)n1. The van der Waals surface area contributed by atoms with Crippen LogP contribution in [0.5, 0.6) is 0 Å². The molecule has 1 aromatic carbocycles. The zero-order chi connectivity index (χ0) is 13.9. The summed E-state index contributed by atoms with van der Waals surface area (Å²) in [6, 6.07) is 11.4. The van der Waals surface area contributed by atoms with Gasteiger partial charge in [0.15, 0.2) is 0 Å². The number of hydrogen-bond acceptors (Lipinski definition) is 3. The zero-order valence-electron chi connectivity index (χ0n) is 11.4. The molecule has 0 aliphatic carbocycles. The van der Waals surface area contributed by atoms with Crippen molar-refractivity contribution >= 4 is 17.4 Å². The summed E-state index contributed by atoms with van der Waals surface area (Å²) in [5.41, 5.74) is 3.91. The minimum atomic E-state index is -0.114. The van der Waals surface area contributed by atoms with Crippen LogP contribution < -0.4 is 10.6 Å². The van der Waals surface area contributed by atoms with Gasteiger partial charge in [0.1, 0.15) is 5.82 Å². The van der Waals surface area contributed by atoms with Gasteiger partial charge in [-0.15, -0.1) is 0 Å². The van der Waals surface area contributed by atoms with E-state index >= 15 is 0 Å². The van der Waals surface area contributed by atoms with Crippen molar-refractivity contribution in [1.82, 2.24) is 4.98 Å². The number of pyridine rings is 1. The smallest absolute Gasteiger partial charge is 0.256 e. The molecule has 0 atom stereocenters. The summed E-state index contributed by atoms with van der Waals surface area (Å²) in [5.74, 6) is 0.474. The van der Waals surface area contributed by atoms with Gasteiger partial charge < -0.3 is 10.6 Å². The van der Waals surface area contributed by atoms with Crippen molar-refractivity contribution in [3.8, 4) is 0 Å². The zero-order valence-corrected chi connectivity index (χ0v) is 11.4. The number of rotatable bonds is 2. The van der Waals surface area contributed by atoms with Gasteiger partial charge in [0.2, 0.25) is 0 Å². The third kappa shape index (κ3) is 2.64. The van der Waals surface area contributed by atoms with Gasteiger partial charge in [-0.1, -0.05) is 6.07 Å². The molecular formula is C16H17N3O. The third-order valence-corrected chi connectivity index (χ3v) is 3.44. The Morgan fingerprint density at radius 1 is 1.30 bits per heavy atom. The lowest BCUT2D eigenvalue weighted by Gasteiger charge is -2.18. The number of hydrogen-bond donors (Lipinski definition) is 2. The molecule has 20 heavy (non-hydrogen) atoms. The Bertz CT molecular complexity index is 652. The highest BCUT2D eigenvalue weighted by Crippen LogP contribution is 2.23. The number of benzene rings is 1. The van der Waals surface area contributed by atoms with E-state index in [1.165, 1.54) is 5.56 Å². The normalized spacial score (nSPS) is 13.2. The molecule has 0 radical (unpaired) electrons. The first-order valence-electron chi connectivity index (χ1n) is 6.84. The van der Waals surface area contributed by atoms with Crippen molar-refractivity contribution < 1.29 is 4.79 Å². The van der Waals surface area contributed by atoms with Crippen molar-refractivity contribution in [2.75, 3.05) is 17.2 Å². The van der Waals surface area contributed by atoms with E-state index in [1.54, 1.807) is 6.07 Å². The van der Waals surface area contributed by atoms with E-state index in [0.717, 1.165) is 30.8 Å². The van der Waals surface area contributed by atoms with Crippen LogP contribution >= 0.6 is 0 Å². The first-order valence-corrected chi connectivity index (χ1v) is 6.84. The van der Waals surface area contributed by atoms with Gasteiger partial charge in [0.05, 0.1) is 0 Å². The lowest BCUT2D eigenvalue weighted by atomic mass is 10.0. The van der Waals surface area contributed by atoms with Gasteiger partial charge in [-0.25, -0.2) is 4.98 Å². The maximum absolute atomic E-state index is 12.2. The summed E-state index contributed by atoms with van der Waals surface area (Å²) in [7, 11) is 0. The number of nitrogens with one attached hydrogen (secondary N) is 2. The van der Waals surface area contributed by atoms with E-state index in [2.05, 4.69) is 15.6 Å². The number of anilines is 2. The first kappa shape index (κ1) is 12.7. The third-order valence-electron chi connectivity index (χ3n) is 3.44. The number of carbonyl (C=O) groups excluding carboxylic acids is 1. The summed E-state index contributed by atoms with van der Waals surface area (Å²) in [6.45, 7) is 2.91. The number of aromatic nitrogens is 1. The van der Waals surface area contributed by atoms with Gasteiger partial charge in [0.25, 0.3) is 5.91 Å². The Morgan fingerprint density at radius 3 is 3.05 bits per heavy atom. The maximum Gasteiger partial charge on any atom is 0.256 e. The molecule has 2 heterocycles. The van der Waals surface area contributed by atoms with E-state index in [1.807, 2.05) is 37.3 Å². The van der Waals surface area contributed by atoms with Crippen LogP contribution in [0.3, 0.4) is 0 Å². The quantitative estimate of drug-likeness (QED) is 0.879. The molecule has 0 saturated carbocycles. The minimum absolute atomic E-state index is 0.114. The van der Waals surface area contributed by atoms with Crippen LogP contribution in [0.25, 0.3) is 0 Å². The van der Waals surface area contributed by atoms with Gasteiger partial charge in [0, 0.05) is 23.5 Å². The molecule has 0 spiro atoms. The Hall–Kier alpha value is -2.36. The number of nitrogens with zero attached hydrogens (tertiary/aromatic N) is 1. The second kappa shape index (κ2) is 5.33. The highest BCUT2D eigenvalue weighted by molar-refractivity contribution is 6.04. The fourth-order valence-corrected chi connectivity index (χ4v) is 2.42. The highest BCUT2D eigenvalue weighted by Gasteiger charge is 2.12. The van der Waals surface area contributed by atoms with Crippen molar-refractivity contribution in [2.45, 2.75) is 19.8 Å². The lowest BCUT2D eigenvalue weighted by Crippen LogP contribution is -2.16. The molecule has 1 amide bonds. The molecule has 1 aromatic heterocycles. The van der Waals surface area contributed by atoms with Crippen LogP contribution in [0.1, 0.15) is 28.0 Å². The molecule has 1 aliphatic rings. The van der Waals surface area contributed by atoms with Crippen molar-refractivity contribution in [3.05, 3.63) is 53.2 Å². The van der Waals surface area contributed by atoms with Crippen LogP contribution in [-0.2, 0) is 6.42 Å². The van der Waals surface area contributed by atoms with Gasteiger partial charge in [-0.05, 0) is 55.7 Å². The Kier molecular flexibility index (Phi) is 3.37. The van der Waals surface area contributed by atoms with Crippen LogP contribution in [0.4, 0.5) is 11.5 Å². The van der Waals surface area contributed by atoms with Gasteiger partial charge in [-0.3, -0.25) is 4.79 Å². The molecule has 0 unspecified atom stereocenters. The van der Waals surface area contributed by atoms with E-state index in [-0.39, 0.29) is 5.91 Å². The summed E-state index contributed by atoms with van der Waals surface area (Å²) in [6.07, 6.45) is 2.13. The molecule has 102 valence electrons. The van der Waals surface area contributed by atoms with Crippen LogP contribution in [0, 0.1) is 6.92 Å². The molecule has 0 bridgehead atoms. The topological polar surface area (TPSA) is 54.0 Å². The van der Waals surface area contributed by atoms with Gasteiger partial charge in [-0.2, -0.15) is 0 Å². The van der Waals surface area contributed by atoms with Crippen molar-refractivity contribution in [2.24, 2.45) is 0 Å². The number of aryl methyl sites for hydroxylation is 2. The molecule has 4 heteroatoms. The average molecular weight is 267 g/mol. The van der Waals surface area contributed by atoms with Crippen molar-refractivity contribution in [1.29, 1.82) is 0 Å². The molecule has 1 aliphatic heterocycles. The van der Waals surface area contributed by atoms with Crippen LogP contribution in [0.2, 0.25) is 0 Å². The Balaban J connectivity index is 1.80. The molecule has 4 nitrogen and oxygen atoms in total. The highest BCUT2D eigenvalue weighted by atomic mass is 16.1.